The smallest absolute Gasteiger partial charge is 0.327 e. The Kier molecular flexibility index (Phi) is 5.53. The van der Waals surface area contributed by atoms with Gasteiger partial charge in [-0.1, -0.05) is 30.3 Å². The van der Waals surface area contributed by atoms with Crippen LogP contribution in [0.25, 0.3) is 0 Å². The highest BCUT2D eigenvalue weighted by molar-refractivity contribution is 6.08. The van der Waals surface area contributed by atoms with Crippen molar-refractivity contribution < 1.29 is 14.4 Å². The summed E-state index contributed by atoms with van der Waals surface area (Å²) in [6.45, 7) is 2.98. The summed E-state index contributed by atoms with van der Waals surface area (Å²) in [5.41, 5.74) is 8.52. The fourth-order valence-corrected chi connectivity index (χ4v) is 4.57. The number of imide groups is 1. The number of aryl methyl sites for hydroxylation is 1. The van der Waals surface area contributed by atoms with Gasteiger partial charge in [-0.05, 0) is 49.4 Å². The fourth-order valence-electron chi connectivity index (χ4n) is 4.57. The van der Waals surface area contributed by atoms with Crippen molar-refractivity contribution in [2.45, 2.75) is 38.1 Å². The average Bonchev–Trinajstić information content (AvgIpc) is 2.75. The molecule has 3 atom stereocenters. The predicted octanol–water partition coefficient (Wildman–Crippen LogP) is 2.24. The highest BCUT2D eigenvalue weighted by atomic mass is 16.2. The number of piperidine rings is 1. The minimum absolute atomic E-state index is 0.225. The molecule has 2 N–H and O–H groups in total. The molecule has 30 heavy (non-hydrogen) atoms. The van der Waals surface area contributed by atoms with Crippen LogP contribution in [-0.4, -0.2) is 51.8 Å². The van der Waals surface area contributed by atoms with E-state index in [0.717, 1.165) is 29.0 Å². The summed E-state index contributed by atoms with van der Waals surface area (Å²) >= 11 is 0. The minimum atomic E-state index is -0.907. The Morgan fingerprint density at radius 3 is 2.67 bits per heavy atom. The summed E-state index contributed by atoms with van der Waals surface area (Å²) in [5.74, 6) is -1.36. The first-order chi connectivity index (χ1) is 14.5. The fraction of sp³-hybridized carbons (Fsp3) is 0.391. The number of amides is 4. The number of likely N-dealkylation sites (tertiary alicyclic amines) is 2. The summed E-state index contributed by atoms with van der Waals surface area (Å²) in [4.78, 5) is 45.0. The van der Waals surface area contributed by atoms with E-state index in [9.17, 15) is 14.4 Å². The van der Waals surface area contributed by atoms with Gasteiger partial charge in [-0.25, -0.2) is 4.79 Å². The molecule has 4 rings (SSSR count). The Labute approximate surface area is 175 Å². The Hall–Kier alpha value is -3.22. The van der Waals surface area contributed by atoms with Crippen LogP contribution in [0.2, 0.25) is 0 Å². The maximum Gasteiger partial charge on any atom is 0.327 e. The number of carbonyl (C=O) groups is 3. The Morgan fingerprint density at radius 1 is 1.20 bits per heavy atom. The van der Waals surface area contributed by atoms with E-state index < -0.39 is 23.9 Å². The maximum absolute atomic E-state index is 13.1. The van der Waals surface area contributed by atoms with Gasteiger partial charge in [0.05, 0.1) is 5.92 Å². The lowest BCUT2D eigenvalue weighted by atomic mass is 9.82. The molecule has 0 bridgehead atoms. The van der Waals surface area contributed by atoms with Crippen molar-refractivity contribution in [1.82, 2.24) is 14.8 Å². The van der Waals surface area contributed by atoms with Crippen LogP contribution in [0, 0.1) is 12.8 Å². The molecule has 2 saturated heterocycles. The van der Waals surface area contributed by atoms with Crippen LogP contribution in [0.3, 0.4) is 0 Å². The van der Waals surface area contributed by atoms with Crippen LogP contribution in [0.1, 0.15) is 35.6 Å². The second-order valence-corrected chi connectivity index (χ2v) is 8.15. The summed E-state index contributed by atoms with van der Waals surface area (Å²) < 4.78 is 0. The number of pyridine rings is 1. The van der Waals surface area contributed by atoms with Gasteiger partial charge in [-0.15, -0.1) is 0 Å². The molecule has 0 spiro atoms. The zero-order valence-electron chi connectivity index (χ0n) is 17.0. The van der Waals surface area contributed by atoms with E-state index in [1.54, 1.807) is 11.1 Å². The molecule has 4 amide bonds. The van der Waals surface area contributed by atoms with Crippen LogP contribution in [0.4, 0.5) is 4.79 Å². The van der Waals surface area contributed by atoms with Gasteiger partial charge >= 0.3 is 6.03 Å². The van der Waals surface area contributed by atoms with Crippen molar-refractivity contribution in [2.75, 3.05) is 13.1 Å². The monoisotopic (exact) mass is 406 g/mol. The van der Waals surface area contributed by atoms with Gasteiger partial charge in [-0.2, -0.15) is 0 Å². The van der Waals surface area contributed by atoms with Crippen molar-refractivity contribution in [3.8, 4) is 0 Å². The molecule has 2 aliphatic rings. The molecule has 2 fully saturated rings. The molecule has 2 aromatic rings. The normalized spacial score (nSPS) is 23.8. The number of aromatic nitrogens is 1. The highest BCUT2D eigenvalue weighted by Gasteiger charge is 2.54. The molecule has 0 radical (unpaired) electrons. The first kappa shape index (κ1) is 20.1. The van der Waals surface area contributed by atoms with Crippen molar-refractivity contribution in [2.24, 2.45) is 11.7 Å². The van der Waals surface area contributed by atoms with Gasteiger partial charge in [0.2, 0.25) is 11.8 Å². The maximum atomic E-state index is 13.1. The van der Waals surface area contributed by atoms with E-state index in [1.807, 2.05) is 37.3 Å². The number of primary amides is 1. The van der Waals surface area contributed by atoms with E-state index in [0.29, 0.717) is 19.5 Å². The Balaban J connectivity index is 1.48. The lowest BCUT2D eigenvalue weighted by Gasteiger charge is -2.46. The first-order valence-corrected chi connectivity index (χ1v) is 10.3. The van der Waals surface area contributed by atoms with Crippen LogP contribution in [0.5, 0.6) is 0 Å². The van der Waals surface area contributed by atoms with Crippen molar-refractivity contribution in [1.29, 1.82) is 0 Å². The number of benzene rings is 1. The van der Waals surface area contributed by atoms with E-state index in [-0.39, 0.29) is 11.8 Å². The topological polar surface area (TPSA) is 96.6 Å². The lowest BCUT2D eigenvalue weighted by Crippen LogP contribution is -2.70. The largest absolute Gasteiger partial charge is 0.368 e. The molecule has 7 heteroatoms. The molecule has 0 saturated carbocycles. The molecule has 7 nitrogen and oxygen atoms in total. The van der Waals surface area contributed by atoms with Crippen molar-refractivity contribution in [3.05, 3.63) is 65.5 Å². The van der Waals surface area contributed by atoms with E-state index in [4.69, 9.17) is 5.73 Å². The van der Waals surface area contributed by atoms with Crippen LogP contribution in [-0.2, 0) is 16.0 Å². The van der Waals surface area contributed by atoms with E-state index >= 15 is 0 Å². The molecule has 1 aromatic carbocycles. The zero-order chi connectivity index (χ0) is 21.3. The number of urea groups is 1. The standard InChI is InChI=1S/C23H26N4O3/c1-15-12-16(9-10-25-15)13-19-20(21(24)28)27(22(19)29)23(30)26-11-5-8-18(14-26)17-6-3-2-4-7-17/h2-4,6-7,9-10,12,18-20H,5,8,11,13-14H2,1H3,(H2,24,28)/t18-,19+,20-/m0/s1. The lowest BCUT2D eigenvalue weighted by molar-refractivity contribution is -0.157. The van der Waals surface area contributed by atoms with Crippen LogP contribution >= 0.6 is 0 Å². The summed E-state index contributed by atoms with van der Waals surface area (Å²) in [6, 6.07) is 12.5. The van der Waals surface area contributed by atoms with Crippen molar-refractivity contribution in [3.63, 3.8) is 0 Å². The van der Waals surface area contributed by atoms with Gasteiger partial charge in [0.25, 0.3) is 0 Å². The zero-order valence-corrected chi connectivity index (χ0v) is 17.0. The third-order valence-corrected chi connectivity index (χ3v) is 6.09. The molecular formula is C23H26N4O3. The number of rotatable bonds is 4. The minimum Gasteiger partial charge on any atom is -0.368 e. The second-order valence-electron chi connectivity index (χ2n) is 8.15. The molecule has 0 aliphatic carbocycles. The molecule has 156 valence electrons. The number of hydrogen-bond donors (Lipinski definition) is 1. The number of β-lactam (4-membered cyclic amide) rings is 1. The quantitative estimate of drug-likeness (QED) is 0.788. The SMILES string of the molecule is Cc1cc(C[C@H]2C(=O)N(C(=O)N3CCC[C@H](c4ccccc4)C3)[C@@H]2C(N)=O)ccn1. The molecule has 1 aromatic heterocycles. The second kappa shape index (κ2) is 8.26. The highest BCUT2D eigenvalue weighted by Crippen LogP contribution is 2.33. The van der Waals surface area contributed by atoms with Gasteiger partial charge in [0.1, 0.15) is 6.04 Å². The van der Waals surface area contributed by atoms with Gasteiger partial charge in [0, 0.05) is 30.9 Å². The Bertz CT molecular complexity index is 962. The van der Waals surface area contributed by atoms with Gasteiger partial charge < -0.3 is 10.6 Å². The van der Waals surface area contributed by atoms with Crippen LogP contribution < -0.4 is 5.73 Å². The van der Waals surface area contributed by atoms with E-state index in [2.05, 4.69) is 17.1 Å². The molecule has 3 heterocycles. The first-order valence-electron chi connectivity index (χ1n) is 10.3. The molecular weight excluding hydrogens is 380 g/mol. The third-order valence-electron chi connectivity index (χ3n) is 6.09. The van der Waals surface area contributed by atoms with E-state index in [1.165, 1.54) is 5.56 Å². The third kappa shape index (κ3) is 3.79. The summed E-state index contributed by atoms with van der Waals surface area (Å²) in [7, 11) is 0. The van der Waals surface area contributed by atoms with Gasteiger partial charge in [-0.3, -0.25) is 19.5 Å². The summed E-state index contributed by atoms with van der Waals surface area (Å²) in [5, 5.41) is 0. The molecule has 0 unspecified atom stereocenters. The molecule has 2 aliphatic heterocycles. The van der Waals surface area contributed by atoms with Crippen molar-refractivity contribution >= 4 is 17.8 Å². The number of hydrogen-bond acceptors (Lipinski definition) is 4. The number of nitrogens with zero attached hydrogens (tertiary/aromatic N) is 3. The Morgan fingerprint density at radius 2 is 1.97 bits per heavy atom. The van der Waals surface area contributed by atoms with Crippen LogP contribution in [0.15, 0.2) is 48.7 Å². The predicted molar refractivity (Wildman–Crippen MR) is 111 cm³/mol. The van der Waals surface area contributed by atoms with Gasteiger partial charge in [0.15, 0.2) is 0 Å². The number of carbonyl (C=O) groups excluding carboxylic acids is 3. The average molecular weight is 406 g/mol. The summed E-state index contributed by atoms with van der Waals surface area (Å²) in [6.07, 6.45) is 3.89. The number of nitrogens with two attached hydrogens (primary N) is 1.